The number of benzene rings is 2. The Kier molecular flexibility index (Phi) is 6.98. The average molecular weight is 461 g/mol. The molecule has 0 atom stereocenters. The first-order valence-electron chi connectivity index (χ1n) is 9.81. The summed E-state index contributed by atoms with van der Waals surface area (Å²) < 4.78 is 33.7. The maximum atomic E-state index is 12.8. The summed E-state index contributed by atoms with van der Waals surface area (Å²) in [5, 5.41) is 11.1. The first kappa shape index (κ1) is 23.1. The summed E-state index contributed by atoms with van der Waals surface area (Å²) >= 11 is 0. The molecule has 1 aliphatic heterocycles. The van der Waals surface area contributed by atoms with Gasteiger partial charge in [0, 0.05) is 12.1 Å². The molecule has 0 aliphatic carbocycles. The molecular formula is C21H23N3O7S. The second-order valence-electron chi connectivity index (χ2n) is 7.22. The number of carboxylic acid groups (broad SMARTS) is 1. The molecule has 1 heterocycles. The normalized spacial score (nSPS) is 13.7. The van der Waals surface area contributed by atoms with Gasteiger partial charge in [0.2, 0.25) is 5.91 Å². The second kappa shape index (κ2) is 9.69. The zero-order valence-corrected chi connectivity index (χ0v) is 18.1. The van der Waals surface area contributed by atoms with Crippen LogP contribution in [0.4, 0.5) is 10.5 Å². The van der Waals surface area contributed by atoms with Crippen LogP contribution in [-0.2, 0) is 26.2 Å². The summed E-state index contributed by atoms with van der Waals surface area (Å²) in [6, 6.07) is 10.4. The number of nitrogens with zero attached hydrogens (tertiary/aromatic N) is 1. The number of sulfonamides is 1. The lowest BCUT2D eigenvalue weighted by atomic mass is 10.2. The Balaban J connectivity index is 1.68. The van der Waals surface area contributed by atoms with Crippen molar-refractivity contribution in [3.63, 3.8) is 0 Å². The Labute approximate surface area is 185 Å². The molecular weight excluding hydrogens is 438 g/mol. The number of carbonyl (C=O) groups excluding carboxylic acids is 2. The molecule has 3 N–H and O–H groups in total. The van der Waals surface area contributed by atoms with Crippen molar-refractivity contribution in [2.75, 3.05) is 17.9 Å². The number of imide groups is 1. The van der Waals surface area contributed by atoms with Gasteiger partial charge in [-0.15, -0.1) is 0 Å². The van der Waals surface area contributed by atoms with Crippen LogP contribution in [0.25, 0.3) is 0 Å². The molecule has 2 aromatic carbocycles. The molecule has 0 bridgehead atoms. The Morgan fingerprint density at radius 3 is 2.66 bits per heavy atom. The summed E-state index contributed by atoms with van der Waals surface area (Å²) in [4.78, 5) is 35.1. The van der Waals surface area contributed by atoms with Crippen molar-refractivity contribution < 1.29 is 32.6 Å². The van der Waals surface area contributed by atoms with Crippen molar-refractivity contribution in [2.45, 2.75) is 31.2 Å². The third-order valence-electron chi connectivity index (χ3n) is 4.71. The fourth-order valence-electron chi connectivity index (χ4n) is 3.10. The number of hydrogen-bond acceptors (Lipinski definition) is 6. The van der Waals surface area contributed by atoms with E-state index in [2.05, 4.69) is 10.0 Å². The predicted molar refractivity (Wildman–Crippen MR) is 115 cm³/mol. The van der Waals surface area contributed by atoms with E-state index in [1.54, 1.807) is 31.2 Å². The quantitative estimate of drug-likeness (QED) is 0.363. The lowest BCUT2D eigenvalue weighted by molar-refractivity contribution is -0.137. The van der Waals surface area contributed by atoms with Crippen molar-refractivity contribution in [3.05, 3.63) is 53.6 Å². The zero-order chi connectivity index (χ0) is 23.3. The largest absolute Gasteiger partial charge is 0.493 e. The lowest BCUT2D eigenvalue weighted by Crippen LogP contribution is -2.30. The van der Waals surface area contributed by atoms with E-state index in [-0.39, 0.29) is 36.9 Å². The van der Waals surface area contributed by atoms with E-state index in [4.69, 9.17) is 9.84 Å². The van der Waals surface area contributed by atoms with Crippen LogP contribution in [0.5, 0.6) is 5.75 Å². The van der Waals surface area contributed by atoms with Crippen LogP contribution in [0.3, 0.4) is 0 Å². The molecule has 3 amide bonds. The summed E-state index contributed by atoms with van der Waals surface area (Å²) in [5.74, 6) is -0.774. The van der Waals surface area contributed by atoms with E-state index in [1.165, 1.54) is 18.2 Å². The highest BCUT2D eigenvalue weighted by atomic mass is 32.2. The fourth-order valence-corrected chi connectivity index (χ4v) is 4.24. The number of anilines is 1. The molecule has 2 aromatic rings. The van der Waals surface area contributed by atoms with E-state index >= 15 is 0 Å². The minimum Gasteiger partial charge on any atom is -0.493 e. The number of ether oxygens (including phenoxy) is 1. The SMILES string of the molecule is Cc1cc(S(=O)(=O)Nc2cccc(CN3C(=O)CNC3=O)c2)ccc1OCCCC(=O)O. The minimum atomic E-state index is -3.90. The van der Waals surface area contributed by atoms with E-state index in [0.717, 1.165) is 4.90 Å². The van der Waals surface area contributed by atoms with Gasteiger partial charge in [-0.25, -0.2) is 13.2 Å². The molecule has 11 heteroatoms. The number of amides is 3. The Morgan fingerprint density at radius 1 is 1.22 bits per heavy atom. The summed E-state index contributed by atoms with van der Waals surface area (Å²) in [5.41, 5.74) is 1.48. The predicted octanol–water partition coefficient (Wildman–Crippen LogP) is 2.09. The molecule has 1 fully saturated rings. The highest BCUT2D eigenvalue weighted by molar-refractivity contribution is 7.92. The topological polar surface area (TPSA) is 142 Å². The van der Waals surface area contributed by atoms with Crippen LogP contribution >= 0.6 is 0 Å². The molecule has 170 valence electrons. The van der Waals surface area contributed by atoms with Gasteiger partial charge in [-0.2, -0.15) is 0 Å². The van der Waals surface area contributed by atoms with Crippen molar-refractivity contribution in [1.29, 1.82) is 0 Å². The Morgan fingerprint density at radius 2 is 2.00 bits per heavy atom. The molecule has 10 nitrogen and oxygen atoms in total. The number of carboxylic acids is 1. The maximum absolute atomic E-state index is 12.8. The first-order chi connectivity index (χ1) is 15.2. The zero-order valence-electron chi connectivity index (χ0n) is 17.3. The van der Waals surface area contributed by atoms with Gasteiger partial charge in [0.25, 0.3) is 10.0 Å². The van der Waals surface area contributed by atoms with Crippen LogP contribution in [0.2, 0.25) is 0 Å². The van der Waals surface area contributed by atoms with Gasteiger partial charge >= 0.3 is 12.0 Å². The number of aryl methyl sites for hydroxylation is 1. The fraction of sp³-hybridized carbons (Fsp3) is 0.286. The number of carbonyl (C=O) groups is 3. The third kappa shape index (κ3) is 5.76. The smallest absolute Gasteiger partial charge is 0.324 e. The van der Waals surface area contributed by atoms with Crippen LogP contribution in [0.15, 0.2) is 47.4 Å². The molecule has 1 aliphatic rings. The Bertz CT molecular complexity index is 1130. The monoisotopic (exact) mass is 461 g/mol. The number of nitrogens with one attached hydrogen (secondary N) is 2. The van der Waals surface area contributed by atoms with Gasteiger partial charge in [-0.3, -0.25) is 19.2 Å². The van der Waals surface area contributed by atoms with E-state index in [0.29, 0.717) is 29.0 Å². The Hall–Kier alpha value is -3.60. The molecule has 1 saturated heterocycles. The molecule has 0 saturated carbocycles. The summed E-state index contributed by atoms with van der Waals surface area (Å²) in [6.07, 6.45) is 0.336. The van der Waals surface area contributed by atoms with Crippen LogP contribution in [0, 0.1) is 6.92 Å². The lowest BCUT2D eigenvalue weighted by Gasteiger charge is -2.14. The third-order valence-corrected chi connectivity index (χ3v) is 6.09. The summed E-state index contributed by atoms with van der Waals surface area (Å²) in [7, 11) is -3.90. The number of hydrogen-bond donors (Lipinski definition) is 3. The summed E-state index contributed by atoms with van der Waals surface area (Å²) in [6.45, 7) is 1.89. The van der Waals surface area contributed by atoms with E-state index in [9.17, 15) is 22.8 Å². The van der Waals surface area contributed by atoms with Crippen LogP contribution in [-0.4, -0.2) is 49.5 Å². The van der Waals surface area contributed by atoms with Crippen LogP contribution < -0.4 is 14.8 Å². The molecule has 3 rings (SSSR count). The van der Waals surface area contributed by atoms with Gasteiger partial charge in [-0.05, 0) is 54.8 Å². The van der Waals surface area contributed by atoms with E-state index in [1.807, 2.05) is 0 Å². The van der Waals surface area contributed by atoms with Crippen molar-refractivity contribution in [2.24, 2.45) is 0 Å². The minimum absolute atomic E-state index is 0.00884. The van der Waals surface area contributed by atoms with Crippen LogP contribution in [0.1, 0.15) is 24.0 Å². The highest BCUT2D eigenvalue weighted by Crippen LogP contribution is 2.24. The van der Waals surface area contributed by atoms with Gasteiger partial charge in [0.15, 0.2) is 0 Å². The number of rotatable bonds is 10. The van der Waals surface area contributed by atoms with Gasteiger partial charge in [0.05, 0.1) is 24.6 Å². The standard InChI is InChI=1S/C21H23N3O7S/c1-14-10-17(7-8-18(14)31-9-3-6-20(26)27)32(29,30)23-16-5-2-4-15(11-16)13-24-19(25)12-22-21(24)28/h2,4-5,7-8,10-11,23H,3,6,9,12-13H2,1H3,(H,22,28)(H,26,27). The van der Waals surface area contributed by atoms with Crippen molar-refractivity contribution in [1.82, 2.24) is 10.2 Å². The van der Waals surface area contributed by atoms with E-state index < -0.39 is 22.0 Å². The number of aliphatic carboxylic acids is 1. The van der Waals surface area contributed by atoms with Gasteiger partial charge in [-0.1, -0.05) is 12.1 Å². The molecule has 32 heavy (non-hydrogen) atoms. The second-order valence-corrected chi connectivity index (χ2v) is 8.90. The highest BCUT2D eigenvalue weighted by Gasteiger charge is 2.28. The average Bonchev–Trinajstić information content (AvgIpc) is 3.04. The molecule has 0 aromatic heterocycles. The van der Waals surface area contributed by atoms with Crippen molar-refractivity contribution >= 4 is 33.6 Å². The van der Waals surface area contributed by atoms with Gasteiger partial charge in [0.1, 0.15) is 5.75 Å². The van der Waals surface area contributed by atoms with Gasteiger partial charge < -0.3 is 15.2 Å². The molecule has 0 unspecified atom stereocenters. The number of urea groups is 1. The van der Waals surface area contributed by atoms with Crippen molar-refractivity contribution in [3.8, 4) is 5.75 Å². The first-order valence-corrected chi connectivity index (χ1v) is 11.3. The maximum Gasteiger partial charge on any atom is 0.324 e. The molecule has 0 radical (unpaired) electrons. The molecule has 0 spiro atoms.